The number of azide groups is 1. The average molecular weight is 440 g/mol. The van der Waals surface area contributed by atoms with Crippen LogP contribution in [0.3, 0.4) is 0 Å². The van der Waals surface area contributed by atoms with E-state index in [0.29, 0.717) is 0 Å². The van der Waals surface area contributed by atoms with Crippen LogP contribution in [0.5, 0.6) is 0 Å². The van der Waals surface area contributed by atoms with Crippen LogP contribution in [0.25, 0.3) is 10.4 Å². The van der Waals surface area contributed by atoms with Crippen molar-refractivity contribution in [3.8, 4) is 0 Å². The second-order valence-electron chi connectivity index (χ2n) is 11.2. The number of nitrogens with zero attached hydrogens (tertiary/aromatic N) is 3. The number of esters is 3. The van der Waals surface area contributed by atoms with Gasteiger partial charge in [-0.3, -0.25) is 14.4 Å². The summed E-state index contributed by atoms with van der Waals surface area (Å²) in [5.74, 6) is -2.15. The van der Waals surface area contributed by atoms with Crippen molar-refractivity contribution in [3.63, 3.8) is 0 Å². The molecule has 0 N–H and O–H groups in total. The number of hydrogen-bond acceptors (Lipinski definition) is 8. The maximum atomic E-state index is 12.6. The molecule has 0 amide bonds. The lowest BCUT2D eigenvalue weighted by molar-refractivity contribution is -0.179. The first-order chi connectivity index (χ1) is 13.9. The minimum atomic E-state index is -1.50. The van der Waals surface area contributed by atoms with Crippen molar-refractivity contribution in [2.24, 2.45) is 27.3 Å². The van der Waals surface area contributed by atoms with E-state index in [1.54, 1.807) is 62.3 Å². The monoisotopic (exact) mass is 439 g/mol. The fraction of sp³-hybridized carbons (Fsp3) is 0.857. The normalized spacial score (nSPS) is 30.0. The van der Waals surface area contributed by atoms with E-state index in [2.05, 4.69) is 10.0 Å². The second-order valence-corrected chi connectivity index (χ2v) is 11.2. The van der Waals surface area contributed by atoms with Gasteiger partial charge in [0.25, 0.3) is 0 Å². The zero-order chi connectivity index (χ0) is 24.0. The summed E-state index contributed by atoms with van der Waals surface area (Å²) in [6, 6.07) is 0. The molecule has 2 aliphatic rings. The highest BCUT2D eigenvalue weighted by Crippen LogP contribution is 2.60. The van der Waals surface area contributed by atoms with Crippen LogP contribution in [0.15, 0.2) is 5.11 Å². The number of ether oxygens (including phenoxy) is 4. The molecular formula is C21H33N3O7. The third-order valence-corrected chi connectivity index (χ3v) is 5.06. The molecule has 2 fully saturated rings. The van der Waals surface area contributed by atoms with Crippen LogP contribution >= 0.6 is 0 Å². The Balaban J connectivity index is 2.28. The number of carbonyl (C=O) groups is 3. The highest BCUT2D eigenvalue weighted by atomic mass is 16.7. The maximum absolute atomic E-state index is 12.6. The largest absolute Gasteiger partial charge is 0.462 e. The van der Waals surface area contributed by atoms with E-state index in [9.17, 15) is 14.4 Å². The summed E-state index contributed by atoms with van der Waals surface area (Å²) in [7, 11) is 0. The van der Waals surface area contributed by atoms with E-state index >= 15 is 0 Å². The first-order valence-corrected chi connectivity index (χ1v) is 10.3. The third-order valence-electron chi connectivity index (χ3n) is 5.06. The van der Waals surface area contributed by atoms with Gasteiger partial charge in [-0.1, -0.05) is 5.11 Å². The fourth-order valence-corrected chi connectivity index (χ4v) is 3.06. The summed E-state index contributed by atoms with van der Waals surface area (Å²) < 4.78 is 22.5. The van der Waals surface area contributed by atoms with Crippen molar-refractivity contribution in [1.82, 2.24) is 0 Å². The zero-order valence-electron chi connectivity index (χ0n) is 19.7. The van der Waals surface area contributed by atoms with Crippen LogP contribution in [0.4, 0.5) is 0 Å². The van der Waals surface area contributed by atoms with E-state index < -0.39 is 64.1 Å². The molecule has 0 aromatic carbocycles. The molecule has 1 aliphatic heterocycles. The Hall–Kier alpha value is -2.32. The third kappa shape index (κ3) is 5.13. The summed E-state index contributed by atoms with van der Waals surface area (Å²) in [6.07, 6.45) is -2.68. The number of fused-ring (bicyclic) bond motifs is 1. The van der Waals surface area contributed by atoms with Crippen molar-refractivity contribution in [1.29, 1.82) is 0 Å². The molecule has 0 radical (unpaired) electrons. The number of rotatable bonds is 5. The van der Waals surface area contributed by atoms with Crippen molar-refractivity contribution < 1.29 is 33.3 Å². The molecule has 1 saturated carbocycles. The van der Waals surface area contributed by atoms with Crippen molar-refractivity contribution in [2.75, 3.05) is 6.61 Å². The van der Waals surface area contributed by atoms with Crippen LogP contribution < -0.4 is 0 Å². The Morgan fingerprint density at radius 2 is 1.39 bits per heavy atom. The first-order valence-electron chi connectivity index (χ1n) is 10.3. The number of carbonyl (C=O) groups excluding carboxylic acids is 3. The van der Waals surface area contributed by atoms with Crippen LogP contribution in [-0.4, -0.2) is 48.6 Å². The minimum absolute atomic E-state index is 0.197. The molecule has 174 valence electrons. The molecular weight excluding hydrogens is 406 g/mol. The second kappa shape index (κ2) is 7.98. The van der Waals surface area contributed by atoms with Crippen molar-refractivity contribution >= 4 is 17.9 Å². The predicted molar refractivity (Wildman–Crippen MR) is 109 cm³/mol. The van der Waals surface area contributed by atoms with Gasteiger partial charge in [0.05, 0.1) is 22.2 Å². The smallest absolute Gasteiger partial charge is 0.311 e. The molecule has 1 aliphatic carbocycles. The molecule has 0 spiro atoms. The van der Waals surface area contributed by atoms with Gasteiger partial charge < -0.3 is 18.9 Å². The van der Waals surface area contributed by atoms with E-state index in [1.807, 2.05) is 0 Å². The Morgan fingerprint density at radius 3 is 1.84 bits per heavy atom. The quantitative estimate of drug-likeness (QED) is 0.210. The highest BCUT2D eigenvalue weighted by Gasteiger charge is 2.80. The molecule has 5 atom stereocenters. The summed E-state index contributed by atoms with van der Waals surface area (Å²) in [5, 5.41) is 3.74. The van der Waals surface area contributed by atoms with Crippen LogP contribution in [0.1, 0.15) is 62.3 Å². The molecule has 5 unspecified atom stereocenters. The molecule has 10 nitrogen and oxygen atoms in total. The van der Waals surface area contributed by atoms with E-state index in [4.69, 9.17) is 24.5 Å². The molecule has 0 bridgehead atoms. The van der Waals surface area contributed by atoms with E-state index in [0.717, 1.165) is 0 Å². The zero-order valence-corrected chi connectivity index (χ0v) is 19.7. The molecule has 31 heavy (non-hydrogen) atoms. The molecule has 1 heterocycles. The molecule has 2 rings (SSSR count). The molecule has 10 heteroatoms. The van der Waals surface area contributed by atoms with Gasteiger partial charge in [0.1, 0.15) is 24.9 Å². The van der Waals surface area contributed by atoms with Crippen molar-refractivity contribution in [3.05, 3.63) is 10.4 Å². The highest BCUT2D eigenvalue weighted by molar-refractivity contribution is 5.77. The van der Waals surface area contributed by atoms with Crippen molar-refractivity contribution in [2.45, 2.75) is 86.4 Å². The Kier molecular flexibility index (Phi) is 6.42. The van der Waals surface area contributed by atoms with Gasteiger partial charge >= 0.3 is 17.9 Å². The minimum Gasteiger partial charge on any atom is -0.462 e. The Morgan fingerprint density at radius 1 is 0.903 bits per heavy atom. The summed E-state index contributed by atoms with van der Waals surface area (Å²) in [4.78, 5) is 40.0. The van der Waals surface area contributed by atoms with Gasteiger partial charge in [-0.15, -0.1) is 0 Å². The Labute approximate surface area is 182 Å². The predicted octanol–water partition coefficient (Wildman–Crippen LogP) is 3.53. The standard InChI is InChI=1S/C21H33N3O7/c1-18(2,3)15(25)28-10-11-13(29-16(26)19(4,5)6)12-14(21(12,31-11)23-24-22)30-17(27)20(7,8)9/h11-14H,10H2,1-9H3. The molecule has 0 aromatic rings. The summed E-state index contributed by atoms with van der Waals surface area (Å²) in [5.41, 5.74) is 5.26. The lowest BCUT2D eigenvalue weighted by Crippen LogP contribution is -2.42. The maximum Gasteiger partial charge on any atom is 0.311 e. The van der Waals surface area contributed by atoms with E-state index in [-0.39, 0.29) is 6.61 Å². The fourth-order valence-electron chi connectivity index (χ4n) is 3.06. The lowest BCUT2D eigenvalue weighted by atomic mass is 9.97. The lowest BCUT2D eigenvalue weighted by Gasteiger charge is -2.28. The number of hydrogen-bond donors (Lipinski definition) is 0. The molecule has 1 saturated heterocycles. The first kappa shape index (κ1) is 24.9. The summed E-state index contributed by atoms with van der Waals surface area (Å²) >= 11 is 0. The van der Waals surface area contributed by atoms with Gasteiger partial charge in [0.2, 0.25) is 0 Å². The topological polar surface area (TPSA) is 137 Å². The van der Waals surface area contributed by atoms with Gasteiger partial charge in [-0.05, 0) is 67.8 Å². The van der Waals surface area contributed by atoms with Gasteiger partial charge in [0.15, 0.2) is 5.72 Å². The van der Waals surface area contributed by atoms with Crippen LogP contribution in [-0.2, 0) is 33.3 Å². The SMILES string of the molecule is CC(C)(C)C(=O)OCC1OC2(N=[N+]=[N-])C(OC(=O)C(C)(C)C)C2C1OC(=O)C(C)(C)C. The average Bonchev–Trinajstić information content (AvgIpc) is 3.06. The van der Waals surface area contributed by atoms with Gasteiger partial charge in [0, 0.05) is 4.91 Å². The summed E-state index contributed by atoms with van der Waals surface area (Å²) in [6.45, 7) is 15.1. The van der Waals surface area contributed by atoms with Gasteiger partial charge in [-0.25, -0.2) is 0 Å². The van der Waals surface area contributed by atoms with E-state index in [1.165, 1.54) is 0 Å². The van der Waals surface area contributed by atoms with Crippen LogP contribution in [0.2, 0.25) is 0 Å². The van der Waals surface area contributed by atoms with Crippen LogP contribution in [0, 0.1) is 22.2 Å². The molecule has 0 aromatic heterocycles. The Bertz CT molecular complexity index is 799. The van der Waals surface area contributed by atoms with Gasteiger partial charge in [-0.2, -0.15) is 0 Å².